The van der Waals surface area contributed by atoms with Crippen molar-refractivity contribution in [2.24, 2.45) is 17.0 Å². The van der Waals surface area contributed by atoms with E-state index in [1.165, 1.54) is 0 Å². The van der Waals surface area contributed by atoms with Crippen LogP contribution >= 0.6 is 0 Å². The molecule has 0 N–H and O–H groups in total. The van der Waals surface area contributed by atoms with Crippen LogP contribution in [-0.4, -0.2) is 27.7 Å². The average molecular weight is 212 g/mol. The lowest BCUT2D eigenvalue weighted by molar-refractivity contribution is 0.188. The minimum atomic E-state index is -1.58. The van der Waals surface area contributed by atoms with Gasteiger partial charge >= 0.3 is 0 Å². The minimum absolute atomic E-state index is 0.0658. The predicted octanol–water partition coefficient (Wildman–Crippen LogP) is 1.61. The molecular formula is C9H16N2O2Si. The van der Waals surface area contributed by atoms with Gasteiger partial charge in [0.2, 0.25) is 0 Å². The summed E-state index contributed by atoms with van der Waals surface area (Å²) in [6.07, 6.45) is 1.71. The van der Waals surface area contributed by atoms with Gasteiger partial charge in [0.25, 0.3) is 8.32 Å². The first-order valence-electron chi connectivity index (χ1n) is 4.72. The summed E-state index contributed by atoms with van der Waals surface area (Å²) in [5, 5.41) is 12.7. The highest BCUT2D eigenvalue weighted by Gasteiger charge is 2.27. The number of nitrogens with zero attached hydrogens (tertiary/aromatic N) is 2. The molecule has 0 aromatic carbocycles. The van der Waals surface area contributed by atoms with E-state index in [4.69, 9.17) is 14.5 Å². The van der Waals surface area contributed by atoms with Crippen molar-refractivity contribution < 1.29 is 9.26 Å². The Morgan fingerprint density at radius 2 is 2.21 bits per heavy atom. The van der Waals surface area contributed by atoms with Gasteiger partial charge in [-0.1, -0.05) is 0 Å². The zero-order valence-corrected chi connectivity index (χ0v) is 9.86. The normalized spacial score (nSPS) is 27.9. The van der Waals surface area contributed by atoms with E-state index in [0.717, 1.165) is 0 Å². The molecule has 0 bridgehead atoms. The van der Waals surface area contributed by atoms with E-state index >= 15 is 0 Å². The first-order chi connectivity index (χ1) is 6.53. The number of ether oxygens (including phenoxy) is 1. The molecule has 0 aromatic heterocycles. The van der Waals surface area contributed by atoms with E-state index in [1.807, 2.05) is 0 Å². The molecule has 2 atom stereocenters. The van der Waals surface area contributed by atoms with Gasteiger partial charge in [0.15, 0.2) is 0 Å². The SMILES string of the molecule is C[Si](C)(C)ON=CC1COCC1C#N. The van der Waals surface area contributed by atoms with Crippen LogP contribution in [0.3, 0.4) is 0 Å². The summed E-state index contributed by atoms with van der Waals surface area (Å²) in [5.41, 5.74) is 0. The quantitative estimate of drug-likeness (QED) is 0.406. The Morgan fingerprint density at radius 3 is 2.79 bits per heavy atom. The van der Waals surface area contributed by atoms with Crippen molar-refractivity contribution in [2.45, 2.75) is 19.6 Å². The van der Waals surface area contributed by atoms with E-state index in [9.17, 15) is 0 Å². The van der Waals surface area contributed by atoms with Gasteiger partial charge < -0.3 is 9.26 Å². The Hall–Kier alpha value is -0.863. The highest BCUT2D eigenvalue weighted by Crippen LogP contribution is 2.18. The molecule has 4 nitrogen and oxygen atoms in total. The van der Waals surface area contributed by atoms with Gasteiger partial charge in [0.05, 0.1) is 25.2 Å². The van der Waals surface area contributed by atoms with E-state index in [-0.39, 0.29) is 11.8 Å². The Labute approximate surface area is 85.6 Å². The molecule has 1 fully saturated rings. The third-order valence-corrected chi connectivity index (χ3v) is 2.52. The topological polar surface area (TPSA) is 54.6 Å². The van der Waals surface area contributed by atoms with Crippen LogP contribution in [0.2, 0.25) is 19.6 Å². The van der Waals surface area contributed by atoms with Crippen LogP contribution in [0.25, 0.3) is 0 Å². The molecule has 0 aliphatic carbocycles. The second-order valence-corrected chi connectivity index (χ2v) is 8.80. The maximum absolute atomic E-state index is 8.77. The lowest BCUT2D eigenvalue weighted by Crippen LogP contribution is -2.23. The summed E-state index contributed by atoms with van der Waals surface area (Å²) in [5.74, 6) is 0.0281. The molecule has 1 saturated heterocycles. The van der Waals surface area contributed by atoms with Crippen LogP contribution in [0.1, 0.15) is 0 Å². The van der Waals surface area contributed by atoms with E-state index < -0.39 is 8.32 Å². The molecule has 14 heavy (non-hydrogen) atoms. The second-order valence-electron chi connectivity index (χ2n) is 4.40. The molecule has 1 aliphatic heterocycles. The largest absolute Gasteiger partial charge is 0.456 e. The van der Waals surface area contributed by atoms with Crippen LogP contribution in [-0.2, 0) is 9.26 Å². The van der Waals surface area contributed by atoms with E-state index in [2.05, 4.69) is 30.9 Å². The van der Waals surface area contributed by atoms with Crippen molar-refractivity contribution >= 4 is 14.5 Å². The molecule has 5 heteroatoms. The lowest BCUT2D eigenvalue weighted by Gasteiger charge is -2.13. The fraction of sp³-hybridized carbons (Fsp3) is 0.778. The molecule has 1 rings (SSSR count). The van der Waals surface area contributed by atoms with Crippen LogP contribution < -0.4 is 0 Å². The predicted molar refractivity (Wildman–Crippen MR) is 56.3 cm³/mol. The molecule has 2 unspecified atom stereocenters. The van der Waals surface area contributed by atoms with Crippen molar-refractivity contribution in [3.05, 3.63) is 0 Å². The summed E-state index contributed by atoms with van der Waals surface area (Å²) in [6, 6.07) is 2.20. The number of rotatable bonds is 3. The summed E-state index contributed by atoms with van der Waals surface area (Å²) < 4.78 is 10.5. The monoisotopic (exact) mass is 212 g/mol. The van der Waals surface area contributed by atoms with Crippen molar-refractivity contribution in [2.75, 3.05) is 13.2 Å². The number of nitriles is 1. The third kappa shape index (κ3) is 3.48. The Balaban J connectivity index is 2.41. The Morgan fingerprint density at radius 1 is 1.50 bits per heavy atom. The Kier molecular flexibility index (Phi) is 3.67. The fourth-order valence-electron chi connectivity index (χ4n) is 1.12. The van der Waals surface area contributed by atoms with Gasteiger partial charge in [-0.15, -0.1) is 5.16 Å². The first kappa shape index (κ1) is 11.2. The molecule has 1 aliphatic rings. The number of oxime groups is 1. The van der Waals surface area contributed by atoms with E-state index in [0.29, 0.717) is 13.2 Å². The van der Waals surface area contributed by atoms with Gasteiger partial charge in [-0.3, -0.25) is 0 Å². The zero-order valence-electron chi connectivity index (χ0n) is 8.86. The number of hydrogen-bond donors (Lipinski definition) is 0. The molecule has 0 radical (unpaired) electrons. The second kappa shape index (κ2) is 4.58. The van der Waals surface area contributed by atoms with Crippen molar-refractivity contribution in [3.8, 4) is 6.07 Å². The fourth-order valence-corrected chi connectivity index (χ4v) is 1.49. The molecule has 0 amide bonds. The lowest BCUT2D eigenvalue weighted by atomic mass is 9.99. The van der Waals surface area contributed by atoms with Crippen LogP contribution in [0.5, 0.6) is 0 Å². The van der Waals surface area contributed by atoms with Gasteiger partial charge in [0.1, 0.15) is 0 Å². The van der Waals surface area contributed by atoms with Gasteiger partial charge in [-0.25, -0.2) is 0 Å². The minimum Gasteiger partial charge on any atom is -0.456 e. The molecule has 0 aromatic rings. The molecule has 0 spiro atoms. The standard InChI is InChI=1S/C9H16N2O2Si/c1-14(2,3)13-11-5-9-7-12-6-8(9)4-10/h5,8-9H,6-7H2,1-3H3. The smallest absolute Gasteiger partial charge is 0.278 e. The molecule has 1 heterocycles. The van der Waals surface area contributed by atoms with Crippen LogP contribution in [0.4, 0.5) is 0 Å². The van der Waals surface area contributed by atoms with E-state index in [1.54, 1.807) is 6.21 Å². The van der Waals surface area contributed by atoms with Crippen molar-refractivity contribution in [1.29, 1.82) is 5.26 Å². The summed E-state index contributed by atoms with van der Waals surface area (Å²) in [7, 11) is -1.58. The average Bonchev–Trinajstić information content (AvgIpc) is 2.49. The van der Waals surface area contributed by atoms with Gasteiger partial charge in [0, 0.05) is 12.1 Å². The van der Waals surface area contributed by atoms with Gasteiger partial charge in [-0.05, 0) is 19.6 Å². The highest BCUT2D eigenvalue weighted by molar-refractivity contribution is 6.69. The number of hydrogen-bond acceptors (Lipinski definition) is 4. The maximum Gasteiger partial charge on any atom is 0.278 e. The summed E-state index contributed by atoms with van der Waals surface area (Å²) in [6.45, 7) is 7.29. The van der Waals surface area contributed by atoms with Gasteiger partial charge in [-0.2, -0.15) is 5.26 Å². The van der Waals surface area contributed by atoms with Crippen LogP contribution in [0, 0.1) is 23.2 Å². The molecule has 0 saturated carbocycles. The molecule has 78 valence electrons. The maximum atomic E-state index is 8.77. The van der Waals surface area contributed by atoms with Crippen molar-refractivity contribution in [1.82, 2.24) is 0 Å². The summed E-state index contributed by atoms with van der Waals surface area (Å²) in [4.78, 5) is 0. The third-order valence-electron chi connectivity index (χ3n) is 1.87. The highest BCUT2D eigenvalue weighted by atomic mass is 28.4. The van der Waals surface area contributed by atoms with Crippen molar-refractivity contribution in [3.63, 3.8) is 0 Å². The van der Waals surface area contributed by atoms with Crippen LogP contribution in [0.15, 0.2) is 5.16 Å². The Bertz CT molecular complexity index is 255. The molecular weight excluding hydrogens is 196 g/mol. The first-order valence-corrected chi connectivity index (χ1v) is 8.13. The zero-order chi connectivity index (χ0) is 10.6. The summed E-state index contributed by atoms with van der Waals surface area (Å²) >= 11 is 0.